The molecule has 56 valence electrons. The molecule has 2 heteroatoms. The molecule has 1 aliphatic rings. The first-order valence-electron chi connectivity index (χ1n) is 3.76. The quantitative estimate of drug-likeness (QED) is 0.517. The smallest absolute Gasteiger partial charge is 0.0645 e. The highest BCUT2D eigenvalue weighted by Crippen LogP contribution is 1.93. The Hall–Kier alpha value is -1.31. The molecule has 0 bridgehead atoms. The maximum atomic E-state index is 5.62. The number of nitrogen functional groups attached to an aromatic ring is 1. The monoisotopic (exact) mass is 146 g/mol. The summed E-state index contributed by atoms with van der Waals surface area (Å²) in [5.41, 5.74) is 6.44. The second-order valence-corrected chi connectivity index (χ2v) is 2.69. The van der Waals surface area contributed by atoms with Crippen LogP contribution < -0.4 is 16.3 Å². The standard InChI is InChI=1S/C9H10N2/c10-8-3-4-9-7(6-8)2-1-5-11-9/h2-4,6H,1,5,10H2. The molecule has 0 amide bonds. The van der Waals surface area contributed by atoms with Crippen LogP contribution in [0.3, 0.4) is 0 Å². The number of benzene rings is 1. The van der Waals surface area contributed by atoms with Gasteiger partial charge in [-0.05, 0) is 29.8 Å². The third kappa shape index (κ3) is 1.11. The molecule has 0 atom stereocenters. The molecule has 1 heterocycles. The van der Waals surface area contributed by atoms with Crippen molar-refractivity contribution in [2.75, 3.05) is 12.3 Å². The summed E-state index contributed by atoms with van der Waals surface area (Å²) in [6, 6.07) is 5.83. The summed E-state index contributed by atoms with van der Waals surface area (Å²) >= 11 is 0. The van der Waals surface area contributed by atoms with E-state index in [-0.39, 0.29) is 0 Å². The number of nitrogens with two attached hydrogens (primary N) is 1. The molecule has 11 heavy (non-hydrogen) atoms. The summed E-state index contributed by atoms with van der Waals surface area (Å²) in [5.74, 6) is 0. The van der Waals surface area contributed by atoms with E-state index in [0.717, 1.165) is 24.0 Å². The van der Waals surface area contributed by atoms with Crippen LogP contribution >= 0.6 is 0 Å². The van der Waals surface area contributed by atoms with Gasteiger partial charge in [0, 0.05) is 12.2 Å². The number of rotatable bonds is 0. The summed E-state index contributed by atoms with van der Waals surface area (Å²) in [6.07, 6.45) is 3.22. The number of hydrogen-bond donors (Lipinski definition) is 1. The Balaban J connectivity index is 2.80. The van der Waals surface area contributed by atoms with Gasteiger partial charge in [0.2, 0.25) is 0 Å². The Bertz CT molecular complexity index is 379. The van der Waals surface area contributed by atoms with Crippen LogP contribution in [0.4, 0.5) is 5.69 Å². The summed E-state index contributed by atoms with van der Waals surface area (Å²) in [6.45, 7) is 0.914. The minimum absolute atomic E-state index is 0.817. The first-order chi connectivity index (χ1) is 5.36. The average Bonchev–Trinajstić information content (AvgIpc) is 2.04. The molecular weight excluding hydrogens is 136 g/mol. The zero-order chi connectivity index (χ0) is 7.68. The Morgan fingerprint density at radius 1 is 1.36 bits per heavy atom. The van der Waals surface area contributed by atoms with Crippen LogP contribution in [0.15, 0.2) is 23.2 Å². The summed E-state index contributed by atoms with van der Waals surface area (Å²) in [5, 5.41) is 2.25. The van der Waals surface area contributed by atoms with Gasteiger partial charge in [-0.2, -0.15) is 0 Å². The van der Waals surface area contributed by atoms with Gasteiger partial charge in [0.25, 0.3) is 0 Å². The van der Waals surface area contributed by atoms with Gasteiger partial charge in [0.1, 0.15) is 0 Å². The van der Waals surface area contributed by atoms with Crippen molar-refractivity contribution in [3.05, 3.63) is 28.8 Å². The lowest BCUT2D eigenvalue weighted by Crippen LogP contribution is -2.27. The fraction of sp³-hybridized carbons (Fsp3) is 0.222. The van der Waals surface area contributed by atoms with Gasteiger partial charge in [-0.1, -0.05) is 6.08 Å². The lowest BCUT2D eigenvalue weighted by Gasteiger charge is -1.99. The SMILES string of the molecule is Nc1ccc2c(c1)=CCCN=2. The maximum absolute atomic E-state index is 5.62. The van der Waals surface area contributed by atoms with Gasteiger partial charge in [-0.25, -0.2) is 0 Å². The molecule has 1 aliphatic heterocycles. The third-order valence-corrected chi connectivity index (χ3v) is 1.83. The first kappa shape index (κ1) is 6.40. The summed E-state index contributed by atoms with van der Waals surface area (Å²) < 4.78 is 0. The maximum Gasteiger partial charge on any atom is 0.0645 e. The van der Waals surface area contributed by atoms with Crippen LogP contribution in [-0.2, 0) is 0 Å². The lowest BCUT2D eigenvalue weighted by atomic mass is 10.2. The minimum Gasteiger partial charge on any atom is -0.399 e. The van der Waals surface area contributed by atoms with E-state index >= 15 is 0 Å². The number of anilines is 1. The Morgan fingerprint density at radius 2 is 2.27 bits per heavy atom. The van der Waals surface area contributed by atoms with Crippen molar-refractivity contribution in [3.8, 4) is 0 Å². The van der Waals surface area contributed by atoms with Crippen molar-refractivity contribution >= 4 is 11.8 Å². The highest BCUT2D eigenvalue weighted by atomic mass is 14.7. The van der Waals surface area contributed by atoms with E-state index in [4.69, 9.17) is 5.73 Å². The highest BCUT2D eigenvalue weighted by Gasteiger charge is 1.93. The van der Waals surface area contributed by atoms with Crippen molar-refractivity contribution in [1.29, 1.82) is 0 Å². The second kappa shape index (κ2) is 2.38. The van der Waals surface area contributed by atoms with Crippen LogP contribution in [0, 0.1) is 0 Å². The van der Waals surface area contributed by atoms with Gasteiger partial charge in [0.05, 0.1) is 5.36 Å². The second-order valence-electron chi connectivity index (χ2n) is 2.69. The first-order valence-corrected chi connectivity index (χ1v) is 3.76. The van der Waals surface area contributed by atoms with E-state index in [1.165, 1.54) is 5.22 Å². The van der Waals surface area contributed by atoms with Crippen LogP contribution in [0.2, 0.25) is 0 Å². The Morgan fingerprint density at radius 3 is 3.18 bits per heavy atom. The average molecular weight is 146 g/mol. The zero-order valence-corrected chi connectivity index (χ0v) is 6.25. The molecule has 1 aromatic carbocycles. The molecule has 0 radical (unpaired) electrons. The van der Waals surface area contributed by atoms with Gasteiger partial charge >= 0.3 is 0 Å². The molecule has 0 aliphatic carbocycles. The number of fused-ring (bicyclic) bond motifs is 1. The Labute approximate surface area is 65.1 Å². The number of nitrogens with zero attached hydrogens (tertiary/aromatic N) is 1. The molecule has 1 aromatic rings. The van der Waals surface area contributed by atoms with Crippen molar-refractivity contribution < 1.29 is 0 Å². The van der Waals surface area contributed by atoms with Gasteiger partial charge < -0.3 is 5.73 Å². The molecular formula is C9H10N2. The van der Waals surface area contributed by atoms with E-state index in [9.17, 15) is 0 Å². The molecule has 0 fully saturated rings. The van der Waals surface area contributed by atoms with Crippen molar-refractivity contribution in [2.45, 2.75) is 6.42 Å². The van der Waals surface area contributed by atoms with Crippen molar-refractivity contribution in [1.82, 2.24) is 0 Å². The molecule has 0 saturated carbocycles. The molecule has 0 unspecified atom stereocenters. The fourth-order valence-corrected chi connectivity index (χ4v) is 1.29. The predicted octanol–water partition coefficient (Wildman–Crippen LogP) is 0.0726. The summed E-state index contributed by atoms with van der Waals surface area (Å²) in [4.78, 5) is 4.35. The van der Waals surface area contributed by atoms with E-state index < -0.39 is 0 Å². The largest absolute Gasteiger partial charge is 0.399 e. The molecule has 0 saturated heterocycles. The van der Waals surface area contributed by atoms with Crippen LogP contribution in [0.5, 0.6) is 0 Å². The normalized spacial score (nSPS) is 14.5. The van der Waals surface area contributed by atoms with Gasteiger partial charge in [-0.3, -0.25) is 4.99 Å². The van der Waals surface area contributed by atoms with E-state index in [0.29, 0.717) is 0 Å². The molecule has 2 nitrogen and oxygen atoms in total. The summed E-state index contributed by atoms with van der Waals surface area (Å²) in [7, 11) is 0. The van der Waals surface area contributed by atoms with Crippen molar-refractivity contribution in [2.24, 2.45) is 4.99 Å². The van der Waals surface area contributed by atoms with Crippen molar-refractivity contribution in [3.63, 3.8) is 0 Å². The van der Waals surface area contributed by atoms with E-state index in [1.807, 2.05) is 18.2 Å². The predicted molar refractivity (Wildman–Crippen MR) is 45.6 cm³/mol. The molecule has 0 aromatic heterocycles. The van der Waals surface area contributed by atoms with Crippen LogP contribution in [-0.4, -0.2) is 6.54 Å². The topological polar surface area (TPSA) is 38.4 Å². The van der Waals surface area contributed by atoms with Gasteiger partial charge in [0.15, 0.2) is 0 Å². The van der Waals surface area contributed by atoms with E-state index in [1.54, 1.807) is 0 Å². The third-order valence-electron chi connectivity index (χ3n) is 1.83. The zero-order valence-electron chi connectivity index (χ0n) is 6.25. The van der Waals surface area contributed by atoms with Crippen LogP contribution in [0.1, 0.15) is 6.42 Å². The van der Waals surface area contributed by atoms with E-state index in [2.05, 4.69) is 11.1 Å². The Kier molecular flexibility index (Phi) is 1.39. The van der Waals surface area contributed by atoms with Gasteiger partial charge in [-0.15, -0.1) is 0 Å². The molecule has 2 N–H and O–H groups in total. The fourth-order valence-electron chi connectivity index (χ4n) is 1.29. The lowest BCUT2D eigenvalue weighted by molar-refractivity contribution is 0.961. The molecule has 0 spiro atoms. The number of hydrogen-bond acceptors (Lipinski definition) is 2. The molecule has 2 rings (SSSR count). The minimum atomic E-state index is 0.817. The highest BCUT2D eigenvalue weighted by molar-refractivity contribution is 5.40. The van der Waals surface area contributed by atoms with Crippen LogP contribution in [0.25, 0.3) is 6.08 Å².